The van der Waals surface area contributed by atoms with E-state index in [1.165, 1.54) is 0 Å². The van der Waals surface area contributed by atoms with Crippen molar-refractivity contribution >= 4 is 0 Å². The summed E-state index contributed by atoms with van der Waals surface area (Å²) in [5.41, 5.74) is 0. The van der Waals surface area contributed by atoms with Crippen molar-refractivity contribution in [2.24, 2.45) is 0 Å². The molecule has 53 valence electrons. The summed E-state index contributed by atoms with van der Waals surface area (Å²) < 4.78 is 5.03. The van der Waals surface area contributed by atoms with Crippen LogP contribution in [0.1, 0.15) is 18.2 Å². The van der Waals surface area contributed by atoms with E-state index in [-0.39, 0.29) is 5.92 Å². The molecule has 1 unspecified atom stereocenters. The smallest absolute Gasteiger partial charge is 0.197 e. The molecule has 0 saturated carbocycles. The molecule has 0 aromatic carbocycles. The Kier molecular flexibility index (Phi) is 2.26. The lowest BCUT2D eigenvalue weighted by Crippen LogP contribution is -1.90. The van der Waals surface area contributed by atoms with Crippen LogP contribution in [0, 0.1) is 6.92 Å². The van der Waals surface area contributed by atoms with E-state index in [4.69, 9.17) is 4.42 Å². The quantitative estimate of drug-likeness (QED) is 0.595. The number of allylic oxidation sites excluding steroid dienone is 1. The van der Waals surface area contributed by atoms with E-state index in [1.54, 1.807) is 12.5 Å². The lowest BCUT2D eigenvalue weighted by molar-refractivity contribution is 0.474. The zero-order chi connectivity index (χ0) is 7.40. The van der Waals surface area contributed by atoms with Gasteiger partial charge in [0.1, 0.15) is 6.26 Å². The summed E-state index contributed by atoms with van der Waals surface area (Å²) in [6.07, 6.45) is 5.79. The Bertz CT molecular complexity index is 191. The van der Waals surface area contributed by atoms with Gasteiger partial charge in [-0.25, -0.2) is 4.98 Å². The van der Waals surface area contributed by atoms with Crippen LogP contribution >= 0.6 is 0 Å². The number of aromatic nitrogens is 1. The summed E-state index contributed by atoms with van der Waals surface area (Å²) in [6, 6.07) is 0. The third kappa shape index (κ3) is 1.47. The van der Waals surface area contributed by atoms with Crippen LogP contribution in [0.2, 0.25) is 0 Å². The van der Waals surface area contributed by atoms with Crippen molar-refractivity contribution in [3.63, 3.8) is 0 Å². The third-order valence-electron chi connectivity index (χ3n) is 1.25. The van der Waals surface area contributed by atoms with Crippen molar-refractivity contribution in [3.8, 4) is 0 Å². The second kappa shape index (κ2) is 3.20. The van der Waals surface area contributed by atoms with Gasteiger partial charge in [0.15, 0.2) is 5.89 Å². The fraction of sp³-hybridized carbons (Fsp3) is 0.250. The third-order valence-corrected chi connectivity index (χ3v) is 1.25. The Morgan fingerprint density at radius 2 is 2.60 bits per heavy atom. The molecule has 1 atom stereocenters. The predicted octanol–water partition coefficient (Wildman–Crippen LogP) is 2.17. The highest BCUT2D eigenvalue weighted by molar-refractivity contribution is 4.96. The maximum absolute atomic E-state index is 5.03. The maximum Gasteiger partial charge on any atom is 0.197 e. The number of hydrogen-bond acceptors (Lipinski definition) is 2. The van der Waals surface area contributed by atoms with Crippen molar-refractivity contribution in [3.05, 3.63) is 37.9 Å². The van der Waals surface area contributed by atoms with Crippen molar-refractivity contribution in [1.82, 2.24) is 4.98 Å². The zero-order valence-electron chi connectivity index (χ0n) is 5.79. The monoisotopic (exact) mass is 136 g/mol. The van der Waals surface area contributed by atoms with Gasteiger partial charge in [-0.2, -0.15) is 0 Å². The Labute approximate surface area is 60.6 Å². The van der Waals surface area contributed by atoms with Crippen LogP contribution in [-0.4, -0.2) is 4.98 Å². The first kappa shape index (κ1) is 7.06. The van der Waals surface area contributed by atoms with E-state index in [0.717, 1.165) is 6.42 Å². The fourth-order valence-electron chi connectivity index (χ4n) is 0.738. The summed E-state index contributed by atoms with van der Waals surface area (Å²) in [4.78, 5) is 3.96. The van der Waals surface area contributed by atoms with Crippen molar-refractivity contribution in [1.29, 1.82) is 0 Å². The molecule has 2 nitrogen and oxygen atoms in total. The summed E-state index contributed by atoms with van der Waals surface area (Å²) in [5, 5.41) is 0. The van der Waals surface area contributed by atoms with Crippen molar-refractivity contribution in [2.75, 3.05) is 0 Å². The van der Waals surface area contributed by atoms with Crippen molar-refractivity contribution in [2.45, 2.75) is 12.3 Å². The van der Waals surface area contributed by atoms with E-state index in [1.807, 2.05) is 6.08 Å². The second-order valence-electron chi connectivity index (χ2n) is 2.09. The molecule has 1 radical (unpaired) electrons. The summed E-state index contributed by atoms with van der Waals surface area (Å²) in [6.45, 7) is 7.44. The molecule has 0 saturated heterocycles. The summed E-state index contributed by atoms with van der Waals surface area (Å²) >= 11 is 0. The molecule has 0 N–H and O–H groups in total. The average Bonchev–Trinajstić information content (AvgIpc) is 2.38. The lowest BCUT2D eigenvalue weighted by atomic mass is 10.1. The second-order valence-corrected chi connectivity index (χ2v) is 2.09. The van der Waals surface area contributed by atoms with Crippen LogP contribution in [0.5, 0.6) is 0 Å². The minimum atomic E-state index is 0.104. The first-order valence-electron chi connectivity index (χ1n) is 3.18. The standard InChI is InChI=1S/C8H10NO/c1-3-4-7(2)8-9-5-6-10-8/h3,5-7H,1-2,4H2. The van der Waals surface area contributed by atoms with Crippen LogP contribution < -0.4 is 0 Å². The van der Waals surface area contributed by atoms with Gasteiger partial charge in [-0.1, -0.05) is 6.08 Å². The molecule has 0 amide bonds. The lowest BCUT2D eigenvalue weighted by Gasteiger charge is -2.00. The van der Waals surface area contributed by atoms with Gasteiger partial charge in [-0.3, -0.25) is 0 Å². The van der Waals surface area contributed by atoms with E-state index in [9.17, 15) is 0 Å². The van der Waals surface area contributed by atoms with Gasteiger partial charge in [0, 0.05) is 5.92 Å². The average molecular weight is 136 g/mol. The van der Waals surface area contributed by atoms with Gasteiger partial charge in [-0.15, -0.1) is 6.58 Å². The minimum Gasteiger partial charge on any atom is -0.449 e. The van der Waals surface area contributed by atoms with Gasteiger partial charge in [0.2, 0.25) is 0 Å². The van der Waals surface area contributed by atoms with Gasteiger partial charge in [-0.05, 0) is 13.3 Å². The molecule has 0 spiro atoms. The highest BCUT2D eigenvalue weighted by atomic mass is 16.3. The fourth-order valence-corrected chi connectivity index (χ4v) is 0.738. The Morgan fingerprint density at radius 3 is 3.10 bits per heavy atom. The number of oxazole rings is 1. The van der Waals surface area contributed by atoms with Gasteiger partial charge < -0.3 is 4.42 Å². The van der Waals surface area contributed by atoms with Gasteiger partial charge >= 0.3 is 0 Å². The first-order valence-corrected chi connectivity index (χ1v) is 3.18. The first-order chi connectivity index (χ1) is 4.84. The summed E-state index contributed by atoms with van der Waals surface area (Å²) in [5.74, 6) is 0.785. The highest BCUT2D eigenvalue weighted by Crippen LogP contribution is 2.15. The molecule has 0 bridgehead atoms. The molecule has 1 rings (SSSR count). The van der Waals surface area contributed by atoms with Crippen molar-refractivity contribution < 1.29 is 4.42 Å². The molecule has 1 aromatic rings. The Balaban J connectivity index is 2.58. The number of hydrogen-bond donors (Lipinski definition) is 0. The normalized spacial score (nSPS) is 12.9. The topological polar surface area (TPSA) is 26.0 Å². The molecule has 2 heteroatoms. The molecular formula is C8H10NO. The minimum absolute atomic E-state index is 0.104. The van der Waals surface area contributed by atoms with Crippen LogP contribution in [0.3, 0.4) is 0 Å². The number of rotatable bonds is 3. The SMILES string of the molecule is [CH2]C(CC=C)c1ncco1. The Morgan fingerprint density at radius 1 is 1.80 bits per heavy atom. The zero-order valence-corrected chi connectivity index (χ0v) is 5.79. The van der Waals surface area contributed by atoms with E-state index >= 15 is 0 Å². The molecule has 0 aliphatic carbocycles. The van der Waals surface area contributed by atoms with E-state index in [2.05, 4.69) is 18.5 Å². The van der Waals surface area contributed by atoms with Gasteiger partial charge in [0.05, 0.1) is 6.20 Å². The molecule has 0 aliphatic heterocycles. The van der Waals surface area contributed by atoms with E-state index < -0.39 is 0 Å². The summed E-state index contributed by atoms with van der Waals surface area (Å²) in [7, 11) is 0. The van der Waals surface area contributed by atoms with Gasteiger partial charge in [0.25, 0.3) is 0 Å². The van der Waals surface area contributed by atoms with Crippen LogP contribution in [0.25, 0.3) is 0 Å². The number of nitrogens with zero attached hydrogens (tertiary/aromatic N) is 1. The van der Waals surface area contributed by atoms with Crippen LogP contribution in [0.4, 0.5) is 0 Å². The highest BCUT2D eigenvalue weighted by Gasteiger charge is 2.06. The molecule has 0 fully saturated rings. The molecule has 0 aliphatic rings. The van der Waals surface area contributed by atoms with Crippen LogP contribution in [-0.2, 0) is 0 Å². The maximum atomic E-state index is 5.03. The molecule has 1 heterocycles. The predicted molar refractivity (Wildman–Crippen MR) is 39.4 cm³/mol. The van der Waals surface area contributed by atoms with E-state index in [0.29, 0.717) is 5.89 Å². The molecule has 10 heavy (non-hydrogen) atoms. The molecular weight excluding hydrogens is 126 g/mol. The largest absolute Gasteiger partial charge is 0.449 e. The molecule has 1 aromatic heterocycles. The van der Waals surface area contributed by atoms with Crippen LogP contribution in [0.15, 0.2) is 29.5 Å². The Hall–Kier alpha value is -1.05.